The molecule has 0 spiro atoms. The monoisotopic (exact) mass is 291 g/mol. The van der Waals surface area contributed by atoms with Crippen LogP contribution >= 0.6 is 0 Å². The largest absolute Gasteiger partial charge is 0.552 e. The first kappa shape index (κ1) is 13.3. The number of fused-ring (bicyclic) bond motifs is 1. The number of nitrogens with zero attached hydrogens (tertiary/aromatic N) is 1. The Hall–Kier alpha value is -0.796. The third-order valence-electron chi connectivity index (χ3n) is 2.37. The van der Waals surface area contributed by atoms with Crippen molar-refractivity contribution in [3.63, 3.8) is 0 Å². The molecule has 0 saturated carbocycles. The van der Waals surface area contributed by atoms with Gasteiger partial charge >= 0.3 is 0 Å². The van der Waals surface area contributed by atoms with Crippen molar-refractivity contribution in [3.8, 4) is 11.5 Å². The minimum Gasteiger partial charge on any atom is -0.552 e. The van der Waals surface area contributed by atoms with Crippen LogP contribution in [0, 0.1) is 6.92 Å². The molecule has 1 aromatic heterocycles. The maximum atomic E-state index is 5.16. The van der Waals surface area contributed by atoms with Crippen molar-refractivity contribution in [1.82, 2.24) is 4.98 Å². The van der Waals surface area contributed by atoms with Gasteiger partial charge in [0.15, 0.2) is 0 Å². The maximum Gasteiger partial charge on any atom is 0.107 e. The van der Waals surface area contributed by atoms with Gasteiger partial charge < -0.3 is 9.47 Å². The van der Waals surface area contributed by atoms with Crippen LogP contribution < -0.4 is 9.47 Å². The second-order valence-electron chi connectivity index (χ2n) is 3.19. The van der Waals surface area contributed by atoms with E-state index < -0.39 is 0 Å². The molecule has 81 valence electrons. The van der Waals surface area contributed by atoms with E-state index in [2.05, 4.69) is 11.9 Å². The fourth-order valence-electron chi connectivity index (χ4n) is 1.51. The predicted molar refractivity (Wildman–Crippen MR) is 59.3 cm³/mol. The molecule has 0 aliphatic carbocycles. The Kier molecular flexibility index (Phi) is 4.57. The van der Waals surface area contributed by atoms with Gasteiger partial charge in [0.05, 0.1) is 14.2 Å². The van der Waals surface area contributed by atoms with Gasteiger partial charge in [0, 0.05) is 50.2 Å². The first-order chi connectivity index (χ1) is 7.26. The summed E-state index contributed by atoms with van der Waals surface area (Å²) in [5, 5.41) is 0.953. The molecule has 0 N–H and O–H groups in total. The summed E-state index contributed by atoms with van der Waals surface area (Å²) in [7, 11) is 3.25. The molecule has 1 radical (unpaired) electrons. The summed E-state index contributed by atoms with van der Waals surface area (Å²) in [6.07, 6.45) is 1.68. The van der Waals surface area contributed by atoms with Gasteiger partial charge in [-0.2, -0.15) is 6.92 Å². The SMILES string of the molecule is [CH2-]c1c(OC)cnc2ccc(OC)cc12.[Y]. The van der Waals surface area contributed by atoms with E-state index in [9.17, 15) is 0 Å². The van der Waals surface area contributed by atoms with Gasteiger partial charge in [0.25, 0.3) is 0 Å². The van der Waals surface area contributed by atoms with Crippen LogP contribution in [0.4, 0.5) is 0 Å². The van der Waals surface area contributed by atoms with Crippen molar-refractivity contribution < 1.29 is 42.2 Å². The Morgan fingerprint density at radius 1 is 1.19 bits per heavy atom. The fraction of sp³-hybridized carbons (Fsp3) is 0.167. The molecular weight excluding hydrogens is 279 g/mol. The molecule has 1 aromatic carbocycles. The molecule has 0 aliphatic rings. The molecule has 0 fully saturated rings. The molecule has 16 heavy (non-hydrogen) atoms. The molecule has 4 heteroatoms. The number of ether oxygens (including phenoxy) is 2. The average molecular weight is 291 g/mol. The van der Waals surface area contributed by atoms with E-state index in [0.29, 0.717) is 5.75 Å². The molecule has 2 aromatic rings. The quantitative estimate of drug-likeness (QED) is 0.796. The van der Waals surface area contributed by atoms with E-state index in [1.165, 1.54) is 0 Å². The number of hydrogen-bond donors (Lipinski definition) is 0. The van der Waals surface area contributed by atoms with Gasteiger partial charge in [-0.15, -0.1) is 5.56 Å². The zero-order chi connectivity index (χ0) is 10.8. The van der Waals surface area contributed by atoms with Gasteiger partial charge in [0.1, 0.15) is 5.75 Å². The molecule has 0 bridgehead atoms. The Morgan fingerprint density at radius 2 is 1.94 bits per heavy atom. The number of rotatable bonds is 2. The van der Waals surface area contributed by atoms with Crippen LogP contribution in [0.15, 0.2) is 24.4 Å². The van der Waals surface area contributed by atoms with E-state index in [0.717, 1.165) is 22.2 Å². The van der Waals surface area contributed by atoms with Crippen LogP contribution in [0.1, 0.15) is 5.56 Å². The molecule has 0 saturated heterocycles. The second kappa shape index (κ2) is 5.51. The number of pyridine rings is 1. The molecule has 1 heterocycles. The molecule has 0 aliphatic heterocycles. The summed E-state index contributed by atoms with van der Waals surface area (Å²) in [5.74, 6) is 1.48. The zero-order valence-electron chi connectivity index (χ0n) is 9.36. The first-order valence-corrected chi connectivity index (χ1v) is 4.59. The summed E-state index contributed by atoms with van der Waals surface area (Å²) in [6, 6.07) is 5.69. The van der Waals surface area contributed by atoms with Crippen LogP contribution in [0.3, 0.4) is 0 Å². The van der Waals surface area contributed by atoms with Crippen molar-refractivity contribution in [2.24, 2.45) is 0 Å². The summed E-state index contributed by atoms with van der Waals surface area (Å²) < 4.78 is 10.3. The summed E-state index contributed by atoms with van der Waals surface area (Å²) in [5.41, 5.74) is 1.73. The second-order valence-corrected chi connectivity index (χ2v) is 3.19. The number of benzene rings is 1. The van der Waals surface area contributed by atoms with Crippen LogP contribution in [0.25, 0.3) is 10.9 Å². The Morgan fingerprint density at radius 3 is 2.56 bits per heavy atom. The van der Waals surface area contributed by atoms with Gasteiger partial charge in [0.2, 0.25) is 0 Å². The maximum absolute atomic E-state index is 5.16. The van der Waals surface area contributed by atoms with Crippen molar-refractivity contribution in [2.45, 2.75) is 0 Å². The minimum absolute atomic E-state index is 0. The van der Waals surface area contributed by atoms with E-state index >= 15 is 0 Å². The van der Waals surface area contributed by atoms with Crippen LogP contribution in [-0.4, -0.2) is 19.2 Å². The smallest absolute Gasteiger partial charge is 0.107 e. The number of methoxy groups -OCH3 is 2. The third-order valence-corrected chi connectivity index (χ3v) is 2.37. The normalized spacial score (nSPS) is 9.62. The van der Waals surface area contributed by atoms with Crippen LogP contribution in [-0.2, 0) is 32.7 Å². The van der Waals surface area contributed by atoms with Crippen molar-refractivity contribution in [1.29, 1.82) is 0 Å². The zero-order valence-corrected chi connectivity index (χ0v) is 12.2. The van der Waals surface area contributed by atoms with E-state index in [1.807, 2.05) is 18.2 Å². The number of hydrogen-bond acceptors (Lipinski definition) is 3. The van der Waals surface area contributed by atoms with Gasteiger partial charge in [-0.05, 0) is 12.1 Å². The topological polar surface area (TPSA) is 31.4 Å². The van der Waals surface area contributed by atoms with E-state index in [1.54, 1.807) is 20.4 Å². The molecule has 0 amide bonds. The molecule has 3 nitrogen and oxygen atoms in total. The van der Waals surface area contributed by atoms with Crippen molar-refractivity contribution in [3.05, 3.63) is 36.9 Å². The van der Waals surface area contributed by atoms with E-state index in [-0.39, 0.29) is 32.7 Å². The Labute approximate surface area is 120 Å². The predicted octanol–water partition coefficient (Wildman–Crippen LogP) is 2.43. The van der Waals surface area contributed by atoms with Crippen LogP contribution in [0.2, 0.25) is 0 Å². The van der Waals surface area contributed by atoms with Gasteiger partial charge in [-0.25, -0.2) is 0 Å². The molecule has 0 unspecified atom stereocenters. The number of aromatic nitrogens is 1. The van der Waals surface area contributed by atoms with Crippen LogP contribution in [0.5, 0.6) is 11.5 Å². The minimum atomic E-state index is 0. The fourth-order valence-corrected chi connectivity index (χ4v) is 1.51. The van der Waals surface area contributed by atoms with Crippen molar-refractivity contribution in [2.75, 3.05) is 14.2 Å². The summed E-state index contributed by atoms with van der Waals surface area (Å²) in [6.45, 7) is 3.97. The van der Waals surface area contributed by atoms with E-state index in [4.69, 9.17) is 9.47 Å². The van der Waals surface area contributed by atoms with Crippen molar-refractivity contribution >= 4 is 10.9 Å². The first-order valence-electron chi connectivity index (χ1n) is 4.59. The van der Waals surface area contributed by atoms with Gasteiger partial charge in [-0.1, -0.05) is 11.5 Å². The molecular formula is C12H12NO2Y-. The summed E-state index contributed by atoms with van der Waals surface area (Å²) >= 11 is 0. The van der Waals surface area contributed by atoms with Gasteiger partial charge in [-0.3, -0.25) is 4.98 Å². The standard InChI is InChI=1S/C12H12NO2.Y/c1-8-10-6-9(14-2)4-5-11(10)13-7-12(8)15-3;/h4-7H,1H2,2-3H3;/q-1;. The Balaban J connectivity index is 0.00000128. The summed E-state index contributed by atoms with van der Waals surface area (Å²) in [4.78, 5) is 4.27. The average Bonchev–Trinajstić information content (AvgIpc) is 2.29. The molecule has 0 atom stereocenters. The molecule has 2 rings (SSSR count). The third kappa shape index (κ3) is 2.31. The Bertz CT molecular complexity index is 494.